The molecule has 1 aliphatic rings. The summed E-state index contributed by atoms with van der Waals surface area (Å²) in [4.78, 5) is 18.4. The molecule has 0 spiro atoms. The monoisotopic (exact) mass is 262 g/mol. The van der Waals surface area contributed by atoms with Gasteiger partial charge in [-0.2, -0.15) is 0 Å². The smallest absolute Gasteiger partial charge is 0.253 e. The molecule has 1 heterocycles. The van der Waals surface area contributed by atoms with E-state index < -0.39 is 0 Å². The van der Waals surface area contributed by atoms with Crippen LogP contribution in [0.4, 0.5) is 5.82 Å². The van der Waals surface area contributed by atoms with Gasteiger partial charge in [0.05, 0.1) is 11.1 Å². The van der Waals surface area contributed by atoms with Gasteiger partial charge in [0.2, 0.25) is 0 Å². The summed E-state index contributed by atoms with van der Waals surface area (Å²) in [5.41, 5.74) is 6.08. The summed E-state index contributed by atoms with van der Waals surface area (Å²) >= 11 is 0. The van der Waals surface area contributed by atoms with Crippen molar-refractivity contribution >= 4 is 11.7 Å². The van der Waals surface area contributed by atoms with Gasteiger partial charge >= 0.3 is 0 Å². The maximum atomic E-state index is 12.2. The largest absolute Gasteiger partial charge is 0.363 e. The Hall–Kier alpha value is -1.62. The molecule has 1 saturated carbocycles. The molecule has 0 radical (unpaired) electrons. The predicted octanol–water partition coefficient (Wildman–Crippen LogP) is 1.00. The van der Waals surface area contributed by atoms with Gasteiger partial charge in [-0.15, -0.1) is 0 Å². The molecule has 0 aliphatic heterocycles. The minimum atomic E-state index is -0.294. The van der Waals surface area contributed by atoms with E-state index in [1.807, 2.05) is 32.0 Å². The molecule has 0 aromatic carbocycles. The van der Waals surface area contributed by atoms with E-state index in [-0.39, 0.29) is 11.4 Å². The highest BCUT2D eigenvalue weighted by molar-refractivity contribution is 5.94. The van der Waals surface area contributed by atoms with Gasteiger partial charge in [-0.3, -0.25) is 4.79 Å². The van der Waals surface area contributed by atoms with Crippen molar-refractivity contribution in [2.75, 3.05) is 25.5 Å². The van der Waals surface area contributed by atoms with Crippen LogP contribution in [0.2, 0.25) is 0 Å². The average molecular weight is 262 g/mol. The van der Waals surface area contributed by atoms with Crippen molar-refractivity contribution in [2.45, 2.75) is 25.3 Å². The second kappa shape index (κ2) is 5.17. The topological polar surface area (TPSA) is 71.2 Å². The van der Waals surface area contributed by atoms with E-state index in [4.69, 9.17) is 5.73 Å². The number of hydrogen-bond donors (Lipinski definition) is 2. The molecule has 1 fully saturated rings. The van der Waals surface area contributed by atoms with Crippen molar-refractivity contribution in [3.05, 3.63) is 23.9 Å². The number of carbonyl (C=O) groups excluding carboxylic acids is 1. The third-order valence-electron chi connectivity index (χ3n) is 3.77. The molecule has 2 rings (SSSR count). The Morgan fingerprint density at radius 1 is 1.53 bits per heavy atom. The lowest BCUT2D eigenvalue weighted by atomic mass is 9.95. The number of anilines is 1. The second-order valence-electron chi connectivity index (χ2n) is 5.65. The maximum Gasteiger partial charge on any atom is 0.253 e. The summed E-state index contributed by atoms with van der Waals surface area (Å²) in [5, 5.41) is 3.05. The molecule has 1 aliphatic carbocycles. The van der Waals surface area contributed by atoms with E-state index in [9.17, 15) is 4.79 Å². The fourth-order valence-corrected chi connectivity index (χ4v) is 2.16. The van der Waals surface area contributed by atoms with Crippen LogP contribution < -0.4 is 16.0 Å². The molecular formula is C14H22N4O. The van der Waals surface area contributed by atoms with Crippen molar-refractivity contribution in [2.24, 2.45) is 11.7 Å². The van der Waals surface area contributed by atoms with Crippen LogP contribution in [-0.4, -0.2) is 37.1 Å². The highest BCUT2D eigenvalue weighted by atomic mass is 16.1. The maximum absolute atomic E-state index is 12.2. The first-order chi connectivity index (χ1) is 8.96. The van der Waals surface area contributed by atoms with Crippen molar-refractivity contribution in [3.63, 3.8) is 0 Å². The predicted molar refractivity (Wildman–Crippen MR) is 76.2 cm³/mol. The Morgan fingerprint density at radius 2 is 2.21 bits per heavy atom. The zero-order valence-corrected chi connectivity index (χ0v) is 11.8. The molecule has 5 heteroatoms. The Morgan fingerprint density at radius 3 is 2.63 bits per heavy atom. The van der Waals surface area contributed by atoms with Gasteiger partial charge in [0.25, 0.3) is 5.91 Å². The Labute approximate surface area is 114 Å². The van der Waals surface area contributed by atoms with E-state index in [0.717, 1.165) is 18.7 Å². The van der Waals surface area contributed by atoms with E-state index in [0.29, 0.717) is 18.0 Å². The lowest BCUT2D eigenvalue weighted by Gasteiger charge is -2.29. The fourth-order valence-electron chi connectivity index (χ4n) is 2.16. The van der Waals surface area contributed by atoms with Crippen molar-refractivity contribution < 1.29 is 4.79 Å². The number of rotatable bonds is 5. The highest BCUT2D eigenvalue weighted by Gasteiger charge is 2.41. The first-order valence-electron chi connectivity index (χ1n) is 6.62. The van der Waals surface area contributed by atoms with Crippen molar-refractivity contribution in [1.29, 1.82) is 0 Å². The molecular weight excluding hydrogens is 240 g/mol. The molecule has 19 heavy (non-hydrogen) atoms. The van der Waals surface area contributed by atoms with Gasteiger partial charge in [-0.1, -0.05) is 0 Å². The van der Waals surface area contributed by atoms with E-state index in [1.54, 1.807) is 12.3 Å². The SMILES string of the molecule is CN(C)c1ccc(C(=O)NC(C)(CN)C2CC2)cn1. The second-order valence-corrected chi connectivity index (χ2v) is 5.65. The van der Waals surface area contributed by atoms with Crippen LogP contribution in [0.5, 0.6) is 0 Å². The van der Waals surface area contributed by atoms with Gasteiger partial charge in [0.15, 0.2) is 0 Å². The highest BCUT2D eigenvalue weighted by Crippen LogP contribution is 2.39. The van der Waals surface area contributed by atoms with Gasteiger partial charge in [0, 0.05) is 26.8 Å². The van der Waals surface area contributed by atoms with E-state index in [2.05, 4.69) is 10.3 Å². The summed E-state index contributed by atoms with van der Waals surface area (Å²) in [7, 11) is 3.83. The number of nitrogens with two attached hydrogens (primary N) is 1. The minimum Gasteiger partial charge on any atom is -0.363 e. The molecule has 1 amide bonds. The molecule has 0 saturated heterocycles. The first kappa shape index (κ1) is 13.8. The number of carbonyl (C=O) groups is 1. The molecule has 5 nitrogen and oxygen atoms in total. The van der Waals surface area contributed by atoms with Crippen LogP contribution >= 0.6 is 0 Å². The van der Waals surface area contributed by atoms with Gasteiger partial charge in [-0.25, -0.2) is 4.98 Å². The zero-order valence-electron chi connectivity index (χ0n) is 11.8. The molecule has 1 unspecified atom stereocenters. The van der Waals surface area contributed by atoms with Gasteiger partial charge in [-0.05, 0) is 37.8 Å². The lowest BCUT2D eigenvalue weighted by molar-refractivity contribution is 0.0897. The number of nitrogens with zero attached hydrogens (tertiary/aromatic N) is 2. The summed E-state index contributed by atoms with van der Waals surface area (Å²) in [6.45, 7) is 2.48. The summed E-state index contributed by atoms with van der Waals surface area (Å²) in [6.07, 6.45) is 3.89. The third-order valence-corrected chi connectivity index (χ3v) is 3.77. The number of amides is 1. The number of pyridine rings is 1. The van der Waals surface area contributed by atoms with E-state index in [1.165, 1.54) is 0 Å². The Balaban J connectivity index is 2.07. The fraction of sp³-hybridized carbons (Fsp3) is 0.571. The summed E-state index contributed by atoms with van der Waals surface area (Å²) in [5.74, 6) is 1.24. The normalized spacial score (nSPS) is 17.7. The summed E-state index contributed by atoms with van der Waals surface area (Å²) in [6, 6.07) is 3.63. The van der Waals surface area contributed by atoms with Crippen molar-refractivity contribution in [3.8, 4) is 0 Å². The molecule has 0 bridgehead atoms. The summed E-state index contributed by atoms with van der Waals surface area (Å²) < 4.78 is 0. The number of nitrogens with one attached hydrogen (secondary N) is 1. The first-order valence-corrected chi connectivity index (χ1v) is 6.62. The molecule has 1 aromatic heterocycles. The van der Waals surface area contributed by atoms with Crippen LogP contribution in [0.25, 0.3) is 0 Å². The van der Waals surface area contributed by atoms with Crippen LogP contribution in [-0.2, 0) is 0 Å². The standard InChI is InChI=1S/C14H22N4O/c1-14(9-15,11-5-6-11)17-13(19)10-4-7-12(16-8-10)18(2)3/h4,7-8,11H,5-6,9,15H2,1-3H3,(H,17,19). The Kier molecular flexibility index (Phi) is 3.75. The lowest BCUT2D eigenvalue weighted by Crippen LogP contribution is -2.53. The zero-order chi connectivity index (χ0) is 14.0. The Bertz CT molecular complexity index is 453. The van der Waals surface area contributed by atoms with Crippen LogP contribution in [0.15, 0.2) is 18.3 Å². The van der Waals surface area contributed by atoms with Crippen LogP contribution in [0.1, 0.15) is 30.1 Å². The molecule has 3 N–H and O–H groups in total. The number of aromatic nitrogens is 1. The number of hydrogen-bond acceptors (Lipinski definition) is 4. The molecule has 1 atom stereocenters. The molecule has 1 aromatic rings. The van der Waals surface area contributed by atoms with Gasteiger partial charge < -0.3 is 16.0 Å². The van der Waals surface area contributed by atoms with Crippen LogP contribution in [0.3, 0.4) is 0 Å². The average Bonchev–Trinajstić information content (AvgIpc) is 3.23. The minimum absolute atomic E-state index is 0.0994. The quantitative estimate of drug-likeness (QED) is 0.830. The van der Waals surface area contributed by atoms with Gasteiger partial charge in [0.1, 0.15) is 5.82 Å². The third kappa shape index (κ3) is 3.04. The van der Waals surface area contributed by atoms with Crippen LogP contribution in [0, 0.1) is 5.92 Å². The van der Waals surface area contributed by atoms with Crippen molar-refractivity contribution in [1.82, 2.24) is 10.3 Å². The van der Waals surface area contributed by atoms with E-state index >= 15 is 0 Å². The molecule has 104 valence electrons.